The summed E-state index contributed by atoms with van der Waals surface area (Å²) in [6.07, 6.45) is 2.57. The van der Waals surface area contributed by atoms with Gasteiger partial charge in [-0.25, -0.2) is 0 Å². The molecule has 8 heteroatoms. The average Bonchev–Trinajstić information content (AvgIpc) is 1.97. The standard InChI is InChI=1S/C5H2Cl7N/c6-3(7)1-2-13(12)5(10,11)4(3,8)9/h1-2H. The fraction of sp³-hybridized carbons (Fsp3) is 0.600. The monoisotopic (exact) mass is 321 g/mol. The summed E-state index contributed by atoms with van der Waals surface area (Å²) in [5.74, 6) is 0. The second-order valence-corrected chi connectivity index (χ2v) is 6.73. The highest BCUT2D eigenvalue weighted by atomic mass is 35.5. The van der Waals surface area contributed by atoms with Gasteiger partial charge in [-0.1, -0.05) is 69.6 Å². The summed E-state index contributed by atoms with van der Waals surface area (Å²) >= 11 is 40.3. The molecule has 1 rings (SSSR count). The fourth-order valence-electron chi connectivity index (χ4n) is 0.692. The minimum absolute atomic E-state index is 0.888. The number of halogens is 7. The highest BCUT2D eigenvalue weighted by Gasteiger charge is 2.64. The smallest absolute Gasteiger partial charge is 0.239 e. The molecule has 76 valence electrons. The van der Waals surface area contributed by atoms with Gasteiger partial charge in [0, 0.05) is 18.0 Å². The van der Waals surface area contributed by atoms with Crippen LogP contribution in [0.5, 0.6) is 0 Å². The van der Waals surface area contributed by atoms with Gasteiger partial charge in [0.2, 0.25) is 8.79 Å². The predicted octanol–water partition coefficient (Wildman–Crippen LogP) is 4.45. The van der Waals surface area contributed by atoms with Gasteiger partial charge in [0.25, 0.3) is 0 Å². The molecule has 0 N–H and O–H groups in total. The summed E-state index contributed by atoms with van der Waals surface area (Å²) in [5, 5.41) is 0. The topological polar surface area (TPSA) is 3.24 Å². The van der Waals surface area contributed by atoms with Gasteiger partial charge in [-0.2, -0.15) is 0 Å². The van der Waals surface area contributed by atoms with Crippen molar-refractivity contribution < 1.29 is 0 Å². The summed E-state index contributed by atoms with van der Waals surface area (Å²) in [7, 11) is 0. The number of rotatable bonds is 0. The minimum atomic E-state index is -1.84. The predicted molar refractivity (Wildman–Crippen MR) is 60.1 cm³/mol. The zero-order valence-corrected chi connectivity index (χ0v) is 11.0. The van der Waals surface area contributed by atoms with E-state index in [-0.39, 0.29) is 0 Å². The van der Waals surface area contributed by atoms with Gasteiger partial charge in [-0.3, -0.25) is 4.42 Å². The Kier molecular flexibility index (Phi) is 3.45. The third-order valence-electron chi connectivity index (χ3n) is 1.48. The Morgan fingerprint density at radius 2 is 1.38 bits per heavy atom. The Hall–Kier alpha value is 1.57. The third kappa shape index (κ3) is 1.82. The van der Waals surface area contributed by atoms with E-state index in [0.29, 0.717) is 0 Å². The van der Waals surface area contributed by atoms with Crippen molar-refractivity contribution in [3.8, 4) is 0 Å². The molecule has 1 aliphatic heterocycles. The zero-order chi connectivity index (χ0) is 10.5. The molecule has 0 unspecified atom stereocenters. The van der Waals surface area contributed by atoms with Gasteiger partial charge in [0.1, 0.15) is 0 Å². The number of alkyl halides is 6. The van der Waals surface area contributed by atoms with Crippen LogP contribution in [0.4, 0.5) is 0 Å². The first-order valence-corrected chi connectivity index (χ1v) is 5.51. The molecule has 1 aliphatic rings. The summed E-state index contributed by atoms with van der Waals surface area (Å²) in [6, 6.07) is 0. The molecule has 0 aromatic heterocycles. The van der Waals surface area contributed by atoms with Gasteiger partial charge in [0.15, 0.2) is 4.33 Å². The normalized spacial score (nSPS) is 29.0. The molecule has 0 radical (unpaired) electrons. The van der Waals surface area contributed by atoms with Gasteiger partial charge >= 0.3 is 0 Å². The van der Waals surface area contributed by atoms with Crippen molar-refractivity contribution in [2.45, 2.75) is 13.1 Å². The van der Waals surface area contributed by atoms with Crippen molar-refractivity contribution in [3.63, 3.8) is 0 Å². The first-order valence-electron chi connectivity index (χ1n) is 2.91. The molecule has 1 nitrogen and oxygen atoms in total. The fourth-order valence-corrected chi connectivity index (χ4v) is 2.26. The largest absolute Gasteiger partial charge is 0.255 e. The van der Waals surface area contributed by atoms with E-state index in [4.69, 9.17) is 81.4 Å². The Morgan fingerprint density at radius 3 is 1.77 bits per heavy atom. The molecule has 0 bridgehead atoms. The first kappa shape index (κ1) is 12.6. The quantitative estimate of drug-likeness (QED) is 0.361. The number of nitrogens with zero attached hydrogens (tertiary/aromatic N) is 1. The Balaban J connectivity index is 3.22. The second-order valence-electron chi connectivity index (χ2n) is 2.37. The molecule has 1 heterocycles. The summed E-state index contributed by atoms with van der Waals surface area (Å²) in [4.78, 5) is 0. The van der Waals surface area contributed by atoms with Gasteiger partial charge in [-0.05, 0) is 6.08 Å². The molecule has 0 amide bonds. The van der Waals surface area contributed by atoms with Crippen LogP contribution in [0, 0.1) is 0 Å². The molecule has 0 aliphatic carbocycles. The van der Waals surface area contributed by atoms with Crippen LogP contribution >= 0.6 is 81.4 Å². The van der Waals surface area contributed by atoms with Gasteiger partial charge < -0.3 is 0 Å². The molecule has 0 saturated heterocycles. The third-order valence-corrected chi connectivity index (χ3v) is 5.69. The van der Waals surface area contributed by atoms with Crippen molar-refractivity contribution in [3.05, 3.63) is 12.3 Å². The lowest BCUT2D eigenvalue weighted by Crippen LogP contribution is -2.56. The van der Waals surface area contributed by atoms with Crippen LogP contribution in [0.3, 0.4) is 0 Å². The zero-order valence-electron chi connectivity index (χ0n) is 5.75. The van der Waals surface area contributed by atoms with Gasteiger partial charge in [-0.15, -0.1) is 0 Å². The molecule has 13 heavy (non-hydrogen) atoms. The van der Waals surface area contributed by atoms with E-state index in [2.05, 4.69) is 0 Å². The van der Waals surface area contributed by atoms with E-state index in [9.17, 15) is 0 Å². The number of hydrogen-bond donors (Lipinski definition) is 0. The van der Waals surface area contributed by atoms with E-state index < -0.39 is 13.1 Å². The molecular weight excluding hydrogens is 322 g/mol. The van der Waals surface area contributed by atoms with Crippen LogP contribution in [0.15, 0.2) is 12.3 Å². The molecule has 0 aromatic rings. The SMILES string of the molecule is ClN1C=CC(Cl)(Cl)C(Cl)(Cl)C1(Cl)Cl. The maximum atomic E-state index is 5.81. The van der Waals surface area contributed by atoms with E-state index in [1.54, 1.807) is 0 Å². The van der Waals surface area contributed by atoms with Crippen LogP contribution < -0.4 is 0 Å². The van der Waals surface area contributed by atoms with E-state index in [1.807, 2.05) is 0 Å². The van der Waals surface area contributed by atoms with E-state index in [1.165, 1.54) is 12.3 Å². The van der Waals surface area contributed by atoms with Crippen LogP contribution in [0.2, 0.25) is 0 Å². The van der Waals surface area contributed by atoms with E-state index in [0.717, 1.165) is 4.42 Å². The molecular formula is C5H2Cl7N. The van der Waals surface area contributed by atoms with E-state index >= 15 is 0 Å². The number of allylic oxidation sites excluding steroid dienone is 1. The van der Waals surface area contributed by atoms with Gasteiger partial charge in [0.05, 0.1) is 0 Å². The number of hydrogen-bond acceptors (Lipinski definition) is 1. The summed E-state index contributed by atoms with van der Waals surface area (Å²) in [5.41, 5.74) is 0. The van der Waals surface area contributed by atoms with Crippen LogP contribution in [0.25, 0.3) is 0 Å². The maximum absolute atomic E-state index is 5.81. The summed E-state index contributed by atoms with van der Waals surface area (Å²) < 4.78 is -4.37. The molecule has 0 atom stereocenters. The molecule has 0 fully saturated rings. The van der Waals surface area contributed by atoms with Crippen molar-refractivity contribution in [1.29, 1.82) is 0 Å². The molecule has 0 aromatic carbocycles. The average molecular weight is 324 g/mol. The Labute approximate surface area is 110 Å². The maximum Gasteiger partial charge on any atom is 0.239 e. The van der Waals surface area contributed by atoms with Crippen molar-refractivity contribution in [2.24, 2.45) is 0 Å². The summed E-state index contributed by atoms with van der Waals surface area (Å²) in [6.45, 7) is 0. The Morgan fingerprint density at radius 1 is 0.923 bits per heavy atom. The van der Waals surface area contributed by atoms with Crippen LogP contribution in [-0.2, 0) is 0 Å². The van der Waals surface area contributed by atoms with Crippen LogP contribution in [0.1, 0.15) is 0 Å². The lowest BCUT2D eigenvalue weighted by atomic mass is 10.2. The lowest BCUT2D eigenvalue weighted by molar-refractivity contribution is 0.414. The first-order chi connectivity index (χ1) is 5.63. The lowest BCUT2D eigenvalue weighted by Gasteiger charge is -2.45. The molecule has 0 spiro atoms. The minimum Gasteiger partial charge on any atom is -0.255 e. The van der Waals surface area contributed by atoms with Crippen LogP contribution in [-0.4, -0.2) is 17.5 Å². The Bertz CT molecular complexity index is 245. The second kappa shape index (κ2) is 3.55. The molecule has 0 saturated carbocycles. The van der Waals surface area contributed by atoms with Crippen molar-refractivity contribution >= 4 is 81.4 Å². The highest BCUT2D eigenvalue weighted by Crippen LogP contribution is 2.58. The van der Waals surface area contributed by atoms with Crippen molar-refractivity contribution in [1.82, 2.24) is 4.42 Å². The highest BCUT2D eigenvalue weighted by molar-refractivity contribution is 6.70. The van der Waals surface area contributed by atoms with Crippen molar-refractivity contribution in [2.75, 3.05) is 0 Å².